The maximum Gasteiger partial charge on any atom is 0.245 e. The SMILES string of the molecule is CC(C)C[C@@H]1NC(=O)[C@H](Cc2ccc(O)cc2)NC(=O)[C@H](Cc2ccccc2)NC(=O)CSC[C@@H](C(=O)NCC(N)=O)NC(=O)[C@H](CC(C)C)NC(=O)[C@H](Cc2ccccc2)N(C)C(=O)[C@H](Cc2ccc(O)cc2)NC(=O)[C@H](Cc2c[nH]c3ccccc23)NC(=O)CNC(=O)[C@H](CO)NC(=O)[C@H](C(C)C)NC(=O)[C@H](C(C)C)NC1=O. The fraction of sp³-hybridized carbons (Fsp3) is 0.439. The zero-order valence-corrected chi connectivity index (χ0v) is 66.7. The third-order valence-corrected chi connectivity index (χ3v) is 20.1. The lowest BCUT2D eigenvalue weighted by Gasteiger charge is -2.33. The van der Waals surface area contributed by atoms with Crippen molar-refractivity contribution >= 4 is 105 Å². The highest BCUT2D eigenvalue weighted by Gasteiger charge is 2.40. The molecule has 1 aromatic heterocycles. The average molecular weight is 1610 g/mol. The van der Waals surface area contributed by atoms with Gasteiger partial charge in [-0.1, -0.05) is 159 Å². The zero-order valence-electron chi connectivity index (χ0n) is 65.9. The van der Waals surface area contributed by atoms with E-state index < -0.39 is 186 Å². The number of aromatic hydroxyl groups is 2. The van der Waals surface area contributed by atoms with Gasteiger partial charge in [0.15, 0.2) is 0 Å². The summed E-state index contributed by atoms with van der Waals surface area (Å²) in [6.07, 6.45) is 0.520. The number of rotatable bonds is 20. The first-order valence-electron chi connectivity index (χ1n) is 38.2. The van der Waals surface area contributed by atoms with Gasteiger partial charge in [-0.15, -0.1) is 11.8 Å². The quantitative estimate of drug-likeness (QED) is 0.0498. The molecule has 7 rings (SSSR count). The molecule has 14 amide bonds. The molecule has 618 valence electrons. The van der Waals surface area contributed by atoms with E-state index in [9.17, 15) is 68.1 Å². The fourth-order valence-electron chi connectivity index (χ4n) is 12.9. The molecule has 32 nitrogen and oxygen atoms in total. The molecule has 0 bridgehead atoms. The van der Waals surface area contributed by atoms with Crippen LogP contribution in [0, 0.1) is 23.7 Å². The van der Waals surface area contributed by atoms with Gasteiger partial charge in [0.05, 0.1) is 25.4 Å². The van der Waals surface area contributed by atoms with E-state index in [0.717, 1.165) is 16.7 Å². The first kappa shape index (κ1) is 90.3. The number of primary amides is 1. The zero-order chi connectivity index (χ0) is 84.2. The highest BCUT2D eigenvalue weighted by atomic mass is 32.2. The average Bonchev–Trinajstić information content (AvgIpc) is 1.79. The predicted molar refractivity (Wildman–Crippen MR) is 430 cm³/mol. The summed E-state index contributed by atoms with van der Waals surface area (Å²) in [5.41, 5.74) is 8.63. The van der Waals surface area contributed by atoms with Gasteiger partial charge in [-0.3, -0.25) is 67.1 Å². The van der Waals surface area contributed by atoms with Crippen molar-refractivity contribution in [1.82, 2.24) is 73.7 Å². The van der Waals surface area contributed by atoms with Crippen LogP contribution in [-0.4, -0.2) is 213 Å². The van der Waals surface area contributed by atoms with Gasteiger partial charge in [0.1, 0.15) is 78.0 Å². The number of nitrogens with one attached hydrogen (secondary N) is 13. The minimum absolute atomic E-state index is 0.01000. The van der Waals surface area contributed by atoms with Gasteiger partial charge in [0.25, 0.3) is 0 Å². The molecule has 1 aliphatic rings. The number of aromatic nitrogens is 1. The summed E-state index contributed by atoms with van der Waals surface area (Å²) in [4.78, 5) is 207. The summed E-state index contributed by atoms with van der Waals surface area (Å²) in [7, 11) is 1.32. The molecule has 0 aliphatic carbocycles. The van der Waals surface area contributed by atoms with Crippen LogP contribution in [0.15, 0.2) is 140 Å². The highest BCUT2D eigenvalue weighted by Crippen LogP contribution is 2.23. The summed E-state index contributed by atoms with van der Waals surface area (Å²) >= 11 is 0.835. The molecule has 0 unspecified atom stereocenters. The van der Waals surface area contributed by atoms with Crippen molar-refractivity contribution in [3.63, 3.8) is 0 Å². The standard InChI is InChI=1S/C82H107N15O17S/c1-45(2)32-58-74(106)94-65(73(105)85-40-67(83)101)43-115-44-69(103)88-60(34-49-18-12-10-13-19-49)75(107)90-61(35-51-24-28-54(99)29-25-51)76(108)89-59(33-46(3)4)78(110)95-71(48(7)8)81(113)96-70(47(5)6)80(112)93-64(42-98)72(104)86-41-68(102)87-62(38-53-39-84-57-23-17-16-22-56(53)57)77(109)92-63(36-52-26-30-55(100)31-27-52)82(114)97(9)66(79(111)91-58)37-50-20-14-11-15-21-50/h10-31,39,45-48,58-66,70-71,84,98-100H,32-38,40-44H2,1-9H3,(H2,83,101)(H,85,105)(H,86,104)(H,87,102)(H,88,103)(H,89,108)(H,90,107)(H,91,111)(H,92,109)(H,93,112)(H,94,106)(H,95,110)(H,96,113)/t58-,59-,60-,61-,62-,63-,64-,65-,66-,70-,71-/m0/s1. The summed E-state index contributed by atoms with van der Waals surface area (Å²) < 4.78 is 0. The van der Waals surface area contributed by atoms with Crippen molar-refractivity contribution in [1.29, 1.82) is 0 Å². The Balaban J connectivity index is 1.29. The number of aromatic amines is 1. The Bertz CT molecular complexity index is 4360. The molecule has 11 atom stereocenters. The molecule has 1 fully saturated rings. The van der Waals surface area contributed by atoms with Crippen molar-refractivity contribution in [2.45, 2.75) is 167 Å². The first-order chi connectivity index (χ1) is 54.7. The van der Waals surface area contributed by atoms with Crippen LogP contribution in [0.3, 0.4) is 0 Å². The number of aliphatic hydroxyl groups is 1. The topological polar surface area (TPSA) is 489 Å². The fourth-order valence-corrected chi connectivity index (χ4v) is 13.7. The molecule has 0 radical (unpaired) electrons. The summed E-state index contributed by atoms with van der Waals surface area (Å²) in [6, 6.07) is 19.3. The number of amides is 14. The molecule has 1 aliphatic heterocycles. The highest BCUT2D eigenvalue weighted by molar-refractivity contribution is 8.00. The van der Waals surface area contributed by atoms with Crippen LogP contribution in [0.25, 0.3) is 10.9 Å². The molecular weight excluding hydrogens is 1500 g/mol. The number of phenolic OH excluding ortho intramolecular Hbond substituents is 2. The Hall–Kier alpha value is -11.9. The Labute approximate surface area is 671 Å². The second-order valence-electron chi connectivity index (χ2n) is 30.1. The summed E-state index contributed by atoms with van der Waals surface area (Å²) in [5, 5.41) is 63.6. The lowest BCUT2D eigenvalue weighted by atomic mass is 9.97. The molecular formula is C82H107N15O17S. The Morgan fingerprint density at radius 3 is 1.43 bits per heavy atom. The second kappa shape index (κ2) is 44.0. The number of nitrogens with two attached hydrogens (primary N) is 1. The van der Waals surface area contributed by atoms with Crippen LogP contribution in [0.1, 0.15) is 96.0 Å². The number of thioether (sulfide) groups is 1. The number of phenols is 2. The normalized spacial score (nSPS) is 22.7. The van der Waals surface area contributed by atoms with Gasteiger partial charge >= 0.3 is 0 Å². The largest absolute Gasteiger partial charge is 0.508 e. The van der Waals surface area contributed by atoms with Crippen LogP contribution >= 0.6 is 11.8 Å². The number of carbonyl (C=O) groups is 14. The maximum atomic E-state index is 15.6. The first-order valence-corrected chi connectivity index (χ1v) is 39.3. The summed E-state index contributed by atoms with van der Waals surface area (Å²) in [6.45, 7) is 10.9. The number of para-hydroxylation sites is 1. The number of carbonyl (C=O) groups excluding carboxylic acids is 14. The van der Waals surface area contributed by atoms with Gasteiger partial charge in [0, 0.05) is 62.0 Å². The Morgan fingerprint density at radius 2 is 0.896 bits per heavy atom. The Kier molecular flexibility index (Phi) is 34.5. The lowest BCUT2D eigenvalue weighted by Crippen LogP contribution is -2.62. The number of hydrogen-bond donors (Lipinski definition) is 17. The van der Waals surface area contributed by atoms with E-state index in [0.29, 0.717) is 38.7 Å². The minimum atomic E-state index is -1.74. The second-order valence-corrected chi connectivity index (χ2v) is 31.1. The molecule has 2 heterocycles. The molecule has 0 spiro atoms. The van der Waals surface area contributed by atoms with Crippen molar-refractivity contribution in [2.75, 3.05) is 38.2 Å². The monoisotopic (exact) mass is 1610 g/mol. The van der Waals surface area contributed by atoms with Crippen LogP contribution in [-0.2, 0) is 99.2 Å². The Morgan fingerprint density at radius 1 is 0.470 bits per heavy atom. The van der Waals surface area contributed by atoms with Crippen LogP contribution in [0.4, 0.5) is 0 Å². The van der Waals surface area contributed by atoms with Gasteiger partial charge in [-0.25, -0.2) is 0 Å². The number of likely N-dealkylation sites (N-methyl/N-ethyl adjacent to an activating group) is 1. The molecule has 33 heteroatoms. The number of hydrogen-bond acceptors (Lipinski definition) is 18. The number of nitrogens with zero attached hydrogens (tertiary/aromatic N) is 1. The third-order valence-electron chi connectivity index (χ3n) is 19.1. The number of fused-ring (bicyclic) bond motifs is 1. The molecule has 0 saturated carbocycles. The van der Waals surface area contributed by atoms with E-state index in [1.54, 1.807) is 147 Å². The van der Waals surface area contributed by atoms with Crippen molar-refractivity contribution in [3.05, 3.63) is 167 Å². The van der Waals surface area contributed by atoms with E-state index >= 15 is 14.4 Å². The van der Waals surface area contributed by atoms with Gasteiger partial charge in [-0.2, -0.15) is 0 Å². The van der Waals surface area contributed by atoms with E-state index in [-0.39, 0.29) is 74.0 Å². The van der Waals surface area contributed by atoms with E-state index in [1.165, 1.54) is 55.6 Å². The van der Waals surface area contributed by atoms with Gasteiger partial charge < -0.3 is 94.7 Å². The van der Waals surface area contributed by atoms with Crippen molar-refractivity contribution < 1.29 is 82.4 Å². The minimum Gasteiger partial charge on any atom is -0.508 e. The van der Waals surface area contributed by atoms with Crippen LogP contribution < -0.4 is 69.5 Å². The predicted octanol–water partition coefficient (Wildman–Crippen LogP) is 0.628. The van der Waals surface area contributed by atoms with Crippen molar-refractivity contribution in [3.8, 4) is 11.5 Å². The summed E-state index contributed by atoms with van der Waals surface area (Å²) in [5.74, 6) is -15.6. The number of aliphatic hydroxyl groups excluding tert-OH is 1. The van der Waals surface area contributed by atoms with Crippen molar-refractivity contribution in [2.24, 2.45) is 29.4 Å². The number of benzene rings is 5. The third kappa shape index (κ3) is 28.3. The molecule has 18 N–H and O–H groups in total. The number of H-pyrrole nitrogens is 1. The molecule has 115 heavy (non-hydrogen) atoms. The molecule has 5 aromatic carbocycles. The molecule has 6 aromatic rings. The van der Waals surface area contributed by atoms with E-state index in [1.807, 2.05) is 0 Å². The molecule has 1 saturated heterocycles. The van der Waals surface area contributed by atoms with E-state index in [2.05, 4.69) is 68.8 Å². The van der Waals surface area contributed by atoms with Gasteiger partial charge in [-0.05, 0) is 94.7 Å². The maximum absolute atomic E-state index is 15.6. The van der Waals surface area contributed by atoms with Crippen LogP contribution in [0.2, 0.25) is 0 Å². The van der Waals surface area contributed by atoms with Crippen LogP contribution in [0.5, 0.6) is 11.5 Å². The smallest absolute Gasteiger partial charge is 0.245 e. The van der Waals surface area contributed by atoms with E-state index in [4.69, 9.17) is 5.73 Å². The lowest BCUT2D eigenvalue weighted by molar-refractivity contribution is -0.143. The van der Waals surface area contributed by atoms with Gasteiger partial charge in [0.2, 0.25) is 82.7 Å².